The second kappa shape index (κ2) is 10.7. The van der Waals surface area contributed by atoms with Gasteiger partial charge in [-0.3, -0.25) is 4.79 Å². The van der Waals surface area contributed by atoms with Gasteiger partial charge in [0.2, 0.25) is 0 Å². The molecule has 0 aliphatic heterocycles. The molecular formula is C18H36NOP. The fraction of sp³-hybridized carbons (Fsp3) is 0.944. The van der Waals surface area contributed by atoms with E-state index in [1.54, 1.807) is 0 Å². The van der Waals surface area contributed by atoms with Gasteiger partial charge in [0.1, 0.15) is 0 Å². The first-order valence-electron chi connectivity index (χ1n) is 8.98. The van der Waals surface area contributed by atoms with Crippen molar-refractivity contribution < 1.29 is 4.79 Å². The van der Waals surface area contributed by atoms with Gasteiger partial charge in [0, 0.05) is 6.42 Å². The standard InChI is InChI=1S/C18H36NOP/c1-5-15(2)13-18(20)21(4)17(11-12-19-3)14-16-9-7-6-8-10-16/h15-17,19H,5-14H2,1-4H3. The quantitative estimate of drug-likeness (QED) is 0.574. The minimum Gasteiger partial charge on any atom is -0.320 e. The fourth-order valence-electron chi connectivity index (χ4n) is 3.38. The molecule has 3 unspecified atom stereocenters. The van der Waals surface area contributed by atoms with E-state index < -0.39 is 7.92 Å². The van der Waals surface area contributed by atoms with E-state index in [-0.39, 0.29) is 0 Å². The van der Waals surface area contributed by atoms with Crippen LogP contribution in [0.4, 0.5) is 0 Å². The van der Waals surface area contributed by atoms with E-state index in [0.29, 0.717) is 17.1 Å². The van der Waals surface area contributed by atoms with Crippen LogP contribution < -0.4 is 5.32 Å². The number of nitrogens with one attached hydrogen (secondary N) is 1. The molecule has 1 fully saturated rings. The third-order valence-electron chi connectivity index (χ3n) is 5.22. The van der Waals surface area contributed by atoms with E-state index in [2.05, 4.69) is 25.8 Å². The molecule has 1 saturated carbocycles. The summed E-state index contributed by atoms with van der Waals surface area (Å²) in [6.45, 7) is 7.71. The van der Waals surface area contributed by atoms with Gasteiger partial charge in [0.05, 0.1) is 0 Å². The third-order valence-corrected chi connectivity index (χ3v) is 7.75. The Bertz CT molecular complexity index is 289. The van der Waals surface area contributed by atoms with Gasteiger partial charge in [-0.15, -0.1) is 0 Å². The minimum atomic E-state index is -0.459. The van der Waals surface area contributed by atoms with Crippen LogP contribution in [0.15, 0.2) is 0 Å². The van der Waals surface area contributed by atoms with Gasteiger partial charge in [-0.1, -0.05) is 52.4 Å². The van der Waals surface area contributed by atoms with E-state index in [4.69, 9.17) is 0 Å². The summed E-state index contributed by atoms with van der Waals surface area (Å²) in [6, 6.07) is 0. The average molecular weight is 313 g/mol. The molecule has 0 heterocycles. The Morgan fingerprint density at radius 2 is 1.95 bits per heavy atom. The second-order valence-corrected chi connectivity index (χ2v) is 9.46. The first-order chi connectivity index (χ1) is 10.1. The molecule has 124 valence electrons. The maximum atomic E-state index is 12.6. The average Bonchev–Trinajstić information content (AvgIpc) is 2.51. The lowest BCUT2D eigenvalue weighted by Gasteiger charge is -2.30. The highest BCUT2D eigenvalue weighted by molar-refractivity contribution is 7.74. The van der Waals surface area contributed by atoms with Crippen molar-refractivity contribution in [2.45, 2.75) is 77.3 Å². The number of rotatable bonds is 10. The van der Waals surface area contributed by atoms with Crippen molar-refractivity contribution in [3.8, 4) is 0 Å². The van der Waals surface area contributed by atoms with Crippen molar-refractivity contribution in [3.63, 3.8) is 0 Å². The summed E-state index contributed by atoms with van der Waals surface area (Å²) in [4.78, 5) is 12.6. The molecule has 0 radical (unpaired) electrons. The summed E-state index contributed by atoms with van der Waals surface area (Å²) in [5, 5.41) is 3.28. The summed E-state index contributed by atoms with van der Waals surface area (Å²) in [6.07, 6.45) is 11.5. The molecule has 2 nitrogen and oxygen atoms in total. The number of carbonyl (C=O) groups excluding carboxylic acids is 1. The van der Waals surface area contributed by atoms with Crippen molar-refractivity contribution in [1.82, 2.24) is 5.32 Å². The van der Waals surface area contributed by atoms with Crippen molar-refractivity contribution in [1.29, 1.82) is 0 Å². The zero-order valence-electron chi connectivity index (χ0n) is 14.7. The van der Waals surface area contributed by atoms with Crippen LogP contribution in [0.3, 0.4) is 0 Å². The molecule has 21 heavy (non-hydrogen) atoms. The van der Waals surface area contributed by atoms with Crippen LogP contribution in [0.25, 0.3) is 0 Å². The number of hydrogen-bond donors (Lipinski definition) is 1. The first-order valence-corrected chi connectivity index (χ1v) is 10.8. The zero-order chi connectivity index (χ0) is 15.7. The van der Waals surface area contributed by atoms with Gasteiger partial charge in [-0.05, 0) is 58.5 Å². The molecule has 1 N–H and O–H groups in total. The molecule has 0 aromatic heterocycles. The molecule has 0 spiro atoms. The van der Waals surface area contributed by atoms with Crippen LogP contribution in [0.2, 0.25) is 0 Å². The molecule has 3 heteroatoms. The molecule has 0 bridgehead atoms. The summed E-state index contributed by atoms with van der Waals surface area (Å²) >= 11 is 0. The molecule has 0 aromatic carbocycles. The van der Waals surface area contributed by atoms with Crippen LogP contribution in [0.1, 0.15) is 71.6 Å². The van der Waals surface area contributed by atoms with E-state index in [1.165, 1.54) is 44.9 Å². The first kappa shape index (κ1) is 19.1. The number of hydrogen-bond acceptors (Lipinski definition) is 2. The van der Waals surface area contributed by atoms with Crippen LogP contribution >= 0.6 is 7.92 Å². The summed E-state index contributed by atoms with van der Waals surface area (Å²) in [7, 11) is 1.57. The maximum absolute atomic E-state index is 12.6. The third kappa shape index (κ3) is 7.24. The van der Waals surface area contributed by atoms with Gasteiger partial charge >= 0.3 is 0 Å². The Morgan fingerprint density at radius 1 is 1.29 bits per heavy atom. The van der Waals surface area contributed by atoms with E-state index in [9.17, 15) is 4.79 Å². The van der Waals surface area contributed by atoms with Crippen molar-refractivity contribution >= 4 is 13.4 Å². The Labute approximate surface area is 133 Å². The monoisotopic (exact) mass is 313 g/mol. The molecule has 0 saturated heterocycles. The van der Waals surface area contributed by atoms with Crippen molar-refractivity contribution in [2.75, 3.05) is 20.3 Å². The Hall–Kier alpha value is 0.0600. The molecule has 0 aromatic rings. The van der Waals surface area contributed by atoms with Crippen LogP contribution in [0, 0.1) is 11.8 Å². The largest absolute Gasteiger partial charge is 0.320 e. The van der Waals surface area contributed by atoms with Crippen LogP contribution in [0.5, 0.6) is 0 Å². The normalized spacial score (nSPS) is 21.0. The summed E-state index contributed by atoms with van der Waals surface area (Å²) in [5.74, 6) is 1.45. The molecule has 1 rings (SSSR count). The highest BCUT2D eigenvalue weighted by Gasteiger charge is 2.27. The van der Waals surface area contributed by atoms with E-state index in [0.717, 1.165) is 25.3 Å². The minimum absolute atomic E-state index is 0.459. The Balaban J connectivity index is 2.54. The van der Waals surface area contributed by atoms with Crippen LogP contribution in [-0.4, -0.2) is 31.4 Å². The van der Waals surface area contributed by atoms with Gasteiger partial charge in [0.15, 0.2) is 5.52 Å². The van der Waals surface area contributed by atoms with Crippen molar-refractivity contribution in [3.05, 3.63) is 0 Å². The zero-order valence-corrected chi connectivity index (χ0v) is 15.6. The van der Waals surface area contributed by atoms with Gasteiger partial charge in [0.25, 0.3) is 0 Å². The molecule has 1 aliphatic rings. The molecular weight excluding hydrogens is 277 g/mol. The lowest BCUT2D eigenvalue weighted by Crippen LogP contribution is -2.22. The van der Waals surface area contributed by atoms with Crippen molar-refractivity contribution in [2.24, 2.45) is 11.8 Å². The Morgan fingerprint density at radius 3 is 2.52 bits per heavy atom. The van der Waals surface area contributed by atoms with Gasteiger partial charge in [-0.25, -0.2) is 0 Å². The maximum Gasteiger partial charge on any atom is 0.154 e. The molecule has 3 atom stereocenters. The predicted molar refractivity (Wildman–Crippen MR) is 95.4 cm³/mol. The topological polar surface area (TPSA) is 29.1 Å². The second-order valence-electron chi connectivity index (χ2n) is 7.01. The smallest absolute Gasteiger partial charge is 0.154 e. The SMILES string of the molecule is CCC(C)CC(=O)P(C)C(CCNC)CC1CCCCC1. The summed E-state index contributed by atoms with van der Waals surface area (Å²) < 4.78 is 0. The van der Waals surface area contributed by atoms with E-state index >= 15 is 0 Å². The highest BCUT2D eigenvalue weighted by atomic mass is 31.1. The van der Waals surface area contributed by atoms with Gasteiger partial charge < -0.3 is 5.32 Å². The van der Waals surface area contributed by atoms with Crippen LogP contribution in [-0.2, 0) is 4.79 Å². The predicted octanol–water partition coefficient (Wildman–Crippen LogP) is 5.01. The van der Waals surface area contributed by atoms with E-state index in [1.807, 2.05) is 7.05 Å². The Kier molecular flexibility index (Phi) is 9.76. The lowest BCUT2D eigenvalue weighted by atomic mass is 9.85. The highest BCUT2D eigenvalue weighted by Crippen LogP contribution is 2.46. The van der Waals surface area contributed by atoms with Gasteiger partial charge in [-0.2, -0.15) is 0 Å². The fourth-order valence-corrected chi connectivity index (χ4v) is 5.52. The lowest BCUT2D eigenvalue weighted by molar-refractivity contribution is -0.112. The summed E-state index contributed by atoms with van der Waals surface area (Å²) in [5.41, 5.74) is 1.21. The molecule has 0 amide bonds. The number of carbonyl (C=O) groups is 1. The molecule has 1 aliphatic carbocycles.